The first-order valence-corrected chi connectivity index (χ1v) is 10.3. The zero-order valence-electron chi connectivity index (χ0n) is 16.0. The van der Waals surface area contributed by atoms with Crippen LogP contribution in [-0.4, -0.2) is 58.0 Å². The predicted molar refractivity (Wildman–Crippen MR) is 110 cm³/mol. The molecule has 9 heteroatoms. The summed E-state index contributed by atoms with van der Waals surface area (Å²) >= 11 is 1.50. The lowest BCUT2D eigenvalue weighted by molar-refractivity contribution is -0.130. The number of aryl methyl sites for hydroxylation is 1. The molecule has 1 N–H and O–H groups in total. The van der Waals surface area contributed by atoms with E-state index >= 15 is 4.39 Å². The number of carbonyl (C=O) groups excluding carboxylic acids is 1. The summed E-state index contributed by atoms with van der Waals surface area (Å²) in [6, 6.07) is 7.56. The van der Waals surface area contributed by atoms with Crippen molar-refractivity contribution in [3.8, 4) is 10.6 Å². The molecule has 1 aliphatic rings. The second kappa shape index (κ2) is 8.08. The average Bonchev–Trinajstić information content (AvgIpc) is 3.16. The monoisotopic (exact) mass is 417 g/mol. The molecular formula is C20H21F2N5OS. The molecule has 0 aliphatic carbocycles. The number of piperidine rings is 1. The minimum atomic E-state index is -1.96. The summed E-state index contributed by atoms with van der Waals surface area (Å²) in [7, 11) is 0. The van der Waals surface area contributed by atoms with Crippen molar-refractivity contribution in [1.82, 2.24) is 20.1 Å². The molecule has 0 spiro atoms. The molecule has 152 valence electrons. The molecule has 0 unspecified atom stereocenters. The largest absolute Gasteiger partial charge is 0.308 e. The topological polar surface area (TPSA) is 71.0 Å². The number of alkyl halides is 2. The van der Waals surface area contributed by atoms with E-state index in [0.29, 0.717) is 18.9 Å². The highest BCUT2D eigenvalue weighted by molar-refractivity contribution is 7.14. The van der Waals surface area contributed by atoms with E-state index in [9.17, 15) is 9.18 Å². The Labute approximate surface area is 171 Å². The van der Waals surface area contributed by atoms with Gasteiger partial charge >= 0.3 is 0 Å². The number of benzene rings is 1. The van der Waals surface area contributed by atoms with Gasteiger partial charge in [-0.15, -0.1) is 10.2 Å². The fourth-order valence-corrected chi connectivity index (χ4v) is 4.15. The van der Waals surface area contributed by atoms with Crippen molar-refractivity contribution in [2.24, 2.45) is 0 Å². The number of carbonyl (C=O) groups is 1. The van der Waals surface area contributed by atoms with E-state index in [4.69, 9.17) is 0 Å². The molecule has 0 saturated carbocycles. The van der Waals surface area contributed by atoms with E-state index in [0.717, 1.165) is 26.4 Å². The zero-order chi connectivity index (χ0) is 20.4. The summed E-state index contributed by atoms with van der Waals surface area (Å²) in [5.74, 6) is -0.392. The summed E-state index contributed by atoms with van der Waals surface area (Å²) in [6.07, 6.45) is 1.74. The highest BCUT2D eigenvalue weighted by atomic mass is 32.1. The van der Waals surface area contributed by atoms with Crippen LogP contribution in [0.4, 0.5) is 14.6 Å². The Morgan fingerprint density at radius 2 is 2.03 bits per heavy atom. The molecule has 6 nitrogen and oxygen atoms in total. The standard InChI is InChI=1S/C20H21F2N5OS/c1-13-25-26-18(29-13)14-2-3-15-12-23-17(11-16(15)10-14)24-19(28)20(22)4-7-27(8-5-20)9-6-21/h2-3,10-12H,4-9H2,1H3,(H,23,24,28). The van der Waals surface area contributed by atoms with Gasteiger partial charge in [-0.1, -0.05) is 23.5 Å². The van der Waals surface area contributed by atoms with E-state index in [1.165, 1.54) is 11.3 Å². The zero-order valence-corrected chi connectivity index (χ0v) is 16.8. The highest BCUT2D eigenvalue weighted by Crippen LogP contribution is 2.30. The number of anilines is 1. The lowest BCUT2D eigenvalue weighted by Gasteiger charge is -2.34. The van der Waals surface area contributed by atoms with E-state index in [-0.39, 0.29) is 19.4 Å². The Kier molecular flexibility index (Phi) is 5.51. The van der Waals surface area contributed by atoms with Crippen LogP contribution in [-0.2, 0) is 4.79 Å². The quantitative estimate of drug-likeness (QED) is 0.684. The van der Waals surface area contributed by atoms with E-state index < -0.39 is 18.3 Å². The maximum atomic E-state index is 15.1. The van der Waals surface area contributed by atoms with Gasteiger partial charge in [0.2, 0.25) is 0 Å². The minimum absolute atomic E-state index is 0.0486. The first kappa shape index (κ1) is 19.8. The fraction of sp³-hybridized carbons (Fsp3) is 0.400. The minimum Gasteiger partial charge on any atom is -0.308 e. The van der Waals surface area contributed by atoms with Crippen LogP contribution in [0.25, 0.3) is 21.3 Å². The van der Waals surface area contributed by atoms with Crippen molar-refractivity contribution in [3.63, 3.8) is 0 Å². The second-order valence-corrected chi connectivity index (χ2v) is 8.39. The molecule has 29 heavy (non-hydrogen) atoms. The van der Waals surface area contributed by atoms with Gasteiger partial charge in [0.1, 0.15) is 22.5 Å². The van der Waals surface area contributed by atoms with Crippen LogP contribution in [0.15, 0.2) is 30.5 Å². The smallest absolute Gasteiger partial charge is 0.263 e. The predicted octanol–water partition coefficient (Wildman–Crippen LogP) is 3.77. The fourth-order valence-electron chi connectivity index (χ4n) is 3.46. The van der Waals surface area contributed by atoms with Crippen molar-refractivity contribution in [3.05, 3.63) is 35.5 Å². The highest BCUT2D eigenvalue weighted by Gasteiger charge is 2.41. The first-order chi connectivity index (χ1) is 14.0. The van der Waals surface area contributed by atoms with Crippen LogP contribution in [0.1, 0.15) is 17.8 Å². The Bertz CT molecular complexity index is 1030. The number of pyridine rings is 1. The molecule has 1 aromatic carbocycles. The van der Waals surface area contributed by atoms with Crippen molar-refractivity contribution in [2.75, 3.05) is 31.6 Å². The van der Waals surface area contributed by atoms with Gasteiger partial charge in [0, 0.05) is 49.6 Å². The number of fused-ring (bicyclic) bond motifs is 1. The Morgan fingerprint density at radius 1 is 1.24 bits per heavy atom. The van der Waals surface area contributed by atoms with Crippen molar-refractivity contribution in [1.29, 1.82) is 0 Å². The SMILES string of the molecule is Cc1nnc(-c2ccc3cnc(NC(=O)C4(F)CCN(CCF)CC4)cc3c2)s1. The Balaban J connectivity index is 1.51. The van der Waals surface area contributed by atoms with Crippen LogP contribution >= 0.6 is 11.3 Å². The van der Waals surface area contributed by atoms with Gasteiger partial charge in [0.25, 0.3) is 5.91 Å². The van der Waals surface area contributed by atoms with E-state index in [2.05, 4.69) is 20.5 Å². The van der Waals surface area contributed by atoms with Crippen molar-refractivity contribution >= 4 is 33.8 Å². The Hall–Kier alpha value is -2.52. The van der Waals surface area contributed by atoms with Gasteiger partial charge in [0.15, 0.2) is 5.67 Å². The molecule has 1 amide bonds. The molecule has 3 heterocycles. The molecule has 0 radical (unpaired) electrons. The average molecular weight is 417 g/mol. The lowest BCUT2D eigenvalue weighted by Crippen LogP contribution is -2.49. The summed E-state index contributed by atoms with van der Waals surface area (Å²) in [6.45, 7) is 2.44. The Morgan fingerprint density at radius 3 is 2.72 bits per heavy atom. The summed E-state index contributed by atoms with van der Waals surface area (Å²) in [5.41, 5.74) is -1.04. The van der Waals surface area contributed by atoms with Crippen LogP contribution in [0.3, 0.4) is 0 Å². The molecular weight excluding hydrogens is 396 g/mol. The summed E-state index contributed by atoms with van der Waals surface area (Å²) in [4.78, 5) is 18.6. The van der Waals surface area contributed by atoms with Crippen molar-refractivity contribution < 1.29 is 13.6 Å². The van der Waals surface area contributed by atoms with Crippen LogP contribution in [0.5, 0.6) is 0 Å². The van der Waals surface area contributed by atoms with Gasteiger partial charge in [-0.2, -0.15) is 0 Å². The molecule has 2 aromatic heterocycles. The number of halogens is 2. The summed E-state index contributed by atoms with van der Waals surface area (Å²) in [5, 5.41) is 14.3. The number of hydrogen-bond acceptors (Lipinski definition) is 6. The number of rotatable bonds is 5. The third-order valence-corrected chi connectivity index (χ3v) is 6.08. The van der Waals surface area contributed by atoms with Gasteiger partial charge in [-0.3, -0.25) is 4.79 Å². The molecule has 0 bridgehead atoms. The molecule has 1 fully saturated rings. The lowest BCUT2D eigenvalue weighted by atomic mass is 9.92. The van der Waals surface area contributed by atoms with E-state index in [1.807, 2.05) is 30.0 Å². The number of aromatic nitrogens is 3. The molecule has 1 saturated heterocycles. The maximum absolute atomic E-state index is 15.1. The van der Waals surface area contributed by atoms with Crippen LogP contribution in [0, 0.1) is 6.92 Å². The molecule has 1 aliphatic heterocycles. The van der Waals surface area contributed by atoms with Crippen molar-refractivity contribution in [2.45, 2.75) is 25.4 Å². The van der Waals surface area contributed by atoms with Gasteiger partial charge < -0.3 is 10.2 Å². The van der Waals surface area contributed by atoms with Crippen LogP contribution < -0.4 is 5.32 Å². The van der Waals surface area contributed by atoms with Gasteiger partial charge in [-0.25, -0.2) is 13.8 Å². The maximum Gasteiger partial charge on any atom is 0.263 e. The second-order valence-electron chi connectivity index (χ2n) is 7.21. The number of nitrogens with zero attached hydrogens (tertiary/aromatic N) is 4. The van der Waals surface area contributed by atoms with E-state index in [1.54, 1.807) is 12.3 Å². The molecule has 3 aromatic rings. The normalized spacial score (nSPS) is 16.8. The third-order valence-electron chi connectivity index (χ3n) is 5.19. The first-order valence-electron chi connectivity index (χ1n) is 9.46. The third kappa shape index (κ3) is 4.25. The number of amides is 1. The molecule has 4 rings (SSSR count). The number of hydrogen-bond donors (Lipinski definition) is 1. The number of nitrogens with one attached hydrogen (secondary N) is 1. The van der Waals surface area contributed by atoms with Crippen LogP contribution in [0.2, 0.25) is 0 Å². The summed E-state index contributed by atoms with van der Waals surface area (Å²) < 4.78 is 27.5. The van der Waals surface area contributed by atoms with Gasteiger partial charge in [-0.05, 0) is 24.4 Å². The number of likely N-dealkylation sites (tertiary alicyclic amines) is 1. The molecule has 0 atom stereocenters. The van der Waals surface area contributed by atoms with Gasteiger partial charge in [0.05, 0.1) is 0 Å².